The van der Waals surface area contributed by atoms with Crippen molar-refractivity contribution in [3.8, 4) is 11.8 Å². The van der Waals surface area contributed by atoms with Crippen molar-refractivity contribution in [2.45, 2.75) is 0 Å². The van der Waals surface area contributed by atoms with Crippen molar-refractivity contribution in [1.82, 2.24) is 0 Å². The van der Waals surface area contributed by atoms with Gasteiger partial charge in [0.25, 0.3) is 5.91 Å². The number of carbonyl (C=O) groups is 1. The molecule has 2 aromatic rings. The molecule has 4 nitrogen and oxygen atoms in total. The summed E-state index contributed by atoms with van der Waals surface area (Å²) < 4.78 is 18.6. The van der Waals surface area contributed by atoms with E-state index in [0.29, 0.717) is 10.7 Å². The standard InChI is InChI=1S/C15H10ClFN2O2/c16-11-3-1-2-4-13(11)19-15(20)9-21-14-6-5-10(8-18)7-12(14)17/h1-7H,9H2,(H,19,20). The number of nitriles is 1. The summed E-state index contributed by atoms with van der Waals surface area (Å²) >= 11 is 5.90. The molecule has 0 aromatic heterocycles. The van der Waals surface area contributed by atoms with Gasteiger partial charge in [-0.2, -0.15) is 5.26 Å². The van der Waals surface area contributed by atoms with Crippen LogP contribution in [0.1, 0.15) is 5.56 Å². The molecule has 0 atom stereocenters. The fourth-order valence-electron chi connectivity index (χ4n) is 1.58. The number of benzene rings is 2. The summed E-state index contributed by atoms with van der Waals surface area (Å²) in [5.74, 6) is -1.25. The molecule has 21 heavy (non-hydrogen) atoms. The number of nitrogens with zero attached hydrogens (tertiary/aromatic N) is 1. The highest BCUT2D eigenvalue weighted by atomic mass is 35.5. The summed E-state index contributed by atoms with van der Waals surface area (Å²) in [4.78, 5) is 11.7. The highest BCUT2D eigenvalue weighted by Gasteiger charge is 2.09. The largest absolute Gasteiger partial charge is 0.481 e. The molecular formula is C15H10ClFN2O2. The summed E-state index contributed by atoms with van der Waals surface area (Å²) in [6.45, 7) is -0.367. The lowest BCUT2D eigenvalue weighted by atomic mass is 10.2. The zero-order valence-electron chi connectivity index (χ0n) is 10.8. The Morgan fingerprint density at radius 1 is 1.33 bits per heavy atom. The quantitative estimate of drug-likeness (QED) is 0.942. The van der Waals surface area contributed by atoms with Crippen molar-refractivity contribution in [1.29, 1.82) is 5.26 Å². The molecule has 1 amide bonds. The maximum absolute atomic E-state index is 13.5. The van der Waals surface area contributed by atoms with Crippen LogP contribution in [-0.4, -0.2) is 12.5 Å². The van der Waals surface area contributed by atoms with Crippen LogP contribution in [-0.2, 0) is 4.79 Å². The third kappa shape index (κ3) is 3.94. The lowest BCUT2D eigenvalue weighted by Gasteiger charge is -2.09. The van der Waals surface area contributed by atoms with Crippen LogP contribution < -0.4 is 10.1 Å². The number of para-hydroxylation sites is 1. The normalized spacial score (nSPS) is 9.76. The predicted molar refractivity (Wildman–Crippen MR) is 76.7 cm³/mol. The third-order valence-electron chi connectivity index (χ3n) is 2.57. The molecule has 1 N–H and O–H groups in total. The van der Waals surface area contributed by atoms with E-state index in [2.05, 4.69) is 5.32 Å². The van der Waals surface area contributed by atoms with Crippen LogP contribution in [0.25, 0.3) is 0 Å². The maximum atomic E-state index is 13.5. The molecule has 0 saturated heterocycles. The molecule has 0 heterocycles. The summed E-state index contributed by atoms with van der Waals surface area (Å²) in [5.41, 5.74) is 0.633. The van der Waals surface area contributed by atoms with Crippen LogP contribution in [0.2, 0.25) is 5.02 Å². The number of hydrogen-bond donors (Lipinski definition) is 1. The Balaban J connectivity index is 1.96. The first kappa shape index (κ1) is 14.8. The Hall–Kier alpha value is -2.58. The molecule has 0 saturated carbocycles. The SMILES string of the molecule is N#Cc1ccc(OCC(=O)Nc2ccccc2Cl)c(F)c1. The number of halogens is 2. The summed E-state index contributed by atoms with van der Waals surface area (Å²) in [5, 5.41) is 11.6. The van der Waals surface area contributed by atoms with Crippen LogP contribution >= 0.6 is 11.6 Å². The van der Waals surface area contributed by atoms with E-state index < -0.39 is 11.7 Å². The fourth-order valence-corrected chi connectivity index (χ4v) is 1.76. The lowest BCUT2D eigenvalue weighted by Crippen LogP contribution is -2.20. The first-order valence-corrected chi connectivity index (χ1v) is 6.35. The molecule has 0 aliphatic heterocycles. The highest BCUT2D eigenvalue weighted by molar-refractivity contribution is 6.33. The van der Waals surface area contributed by atoms with Crippen LogP contribution in [0, 0.1) is 17.1 Å². The number of carbonyl (C=O) groups excluding carboxylic acids is 1. The third-order valence-corrected chi connectivity index (χ3v) is 2.90. The van der Waals surface area contributed by atoms with E-state index >= 15 is 0 Å². The van der Waals surface area contributed by atoms with Gasteiger partial charge in [0.2, 0.25) is 0 Å². The molecule has 0 aliphatic rings. The van der Waals surface area contributed by atoms with E-state index in [9.17, 15) is 9.18 Å². The van der Waals surface area contributed by atoms with Crippen molar-refractivity contribution in [2.24, 2.45) is 0 Å². The Morgan fingerprint density at radius 2 is 2.10 bits per heavy atom. The van der Waals surface area contributed by atoms with Crippen molar-refractivity contribution < 1.29 is 13.9 Å². The molecule has 0 radical (unpaired) electrons. The Kier molecular flexibility index (Phi) is 4.75. The smallest absolute Gasteiger partial charge is 0.262 e. The van der Waals surface area contributed by atoms with Gasteiger partial charge in [0.15, 0.2) is 18.2 Å². The van der Waals surface area contributed by atoms with Crippen LogP contribution in [0.3, 0.4) is 0 Å². The minimum Gasteiger partial charge on any atom is -0.481 e. The molecule has 0 spiro atoms. The molecule has 2 rings (SSSR count). The molecule has 6 heteroatoms. The first-order chi connectivity index (χ1) is 10.1. The average molecular weight is 305 g/mol. The summed E-state index contributed by atoms with van der Waals surface area (Å²) in [7, 11) is 0. The van der Waals surface area contributed by atoms with Gasteiger partial charge >= 0.3 is 0 Å². The Morgan fingerprint density at radius 3 is 2.76 bits per heavy atom. The molecule has 0 unspecified atom stereocenters. The molecule has 0 bridgehead atoms. The van der Waals surface area contributed by atoms with E-state index in [1.165, 1.54) is 12.1 Å². The number of hydrogen-bond acceptors (Lipinski definition) is 3. The van der Waals surface area contributed by atoms with E-state index in [4.69, 9.17) is 21.6 Å². The van der Waals surface area contributed by atoms with Crippen LogP contribution in [0.4, 0.5) is 10.1 Å². The molecular weight excluding hydrogens is 295 g/mol. The Labute approximate surface area is 125 Å². The molecule has 0 fully saturated rings. The van der Waals surface area contributed by atoms with E-state index in [-0.39, 0.29) is 17.9 Å². The van der Waals surface area contributed by atoms with Gasteiger partial charge < -0.3 is 10.1 Å². The second kappa shape index (κ2) is 6.73. The van der Waals surface area contributed by atoms with Gasteiger partial charge in [-0.05, 0) is 30.3 Å². The zero-order valence-corrected chi connectivity index (χ0v) is 11.5. The van der Waals surface area contributed by atoms with Gasteiger partial charge in [-0.25, -0.2) is 4.39 Å². The molecule has 106 valence electrons. The van der Waals surface area contributed by atoms with E-state index in [1.54, 1.807) is 24.3 Å². The lowest BCUT2D eigenvalue weighted by molar-refractivity contribution is -0.118. The van der Waals surface area contributed by atoms with Gasteiger partial charge in [-0.1, -0.05) is 23.7 Å². The van der Waals surface area contributed by atoms with Crippen molar-refractivity contribution in [2.75, 3.05) is 11.9 Å². The summed E-state index contributed by atoms with van der Waals surface area (Å²) in [6, 6.07) is 12.3. The van der Waals surface area contributed by atoms with Crippen molar-refractivity contribution >= 4 is 23.2 Å². The average Bonchev–Trinajstić information content (AvgIpc) is 2.48. The van der Waals surface area contributed by atoms with Crippen molar-refractivity contribution in [3.63, 3.8) is 0 Å². The minimum absolute atomic E-state index is 0.0942. The minimum atomic E-state index is -0.695. The second-order valence-electron chi connectivity index (χ2n) is 4.07. The second-order valence-corrected chi connectivity index (χ2v) is 4.48. The van der Waals surface area contributed by atoms with E-state index in [0.717, 1.165) is 6.07 Å². The predicted octanol–water partition coefficient (Wildman–Crippen LogP) is 3.37. The van der Waals surface area contributed by atoms with Crippen molar-refractivity contribution in [3.05, 3.63) is 58.9 Å². The molecule has 0 aliphatic carbocycles. The Bertz CT molecular complexity index is 713. The van der Waals surface area contributed by atoms with Crippen LogP contribution in [0.15, 0.2) is 42.5 Å². The van der Waals surface area contributed by atoms with E-state index in [1.807, 2.05) is 6.07 Å². The number of rotatable bonds is 4. The van der Waals surface area contributed by atoms with Gasteiger partial charge in [0, 0.05) is 0 Å². The topological polar surface area (TPSA) is 62.1 Å². The zero-order chi connectivity index (χ0) is 15.2. The number of nitrogens with one attached hydrogen (secondary N) is 1. The van der Waals surface area contributed by atoms with Gasteiger partial charge in [-0.3, -0.25) is 4.79 Å². The fraction of sp³-hybridized carbons (Fsp3) is 0.0667. The van der Waals surface area contributed by atoms with Gasteiger partial charge in [-0.15, -0.1) is 0 Å². The number of anilines is 1. The van der Waals surface area contributed by atoms with Gasteiger partial charge in [0.05, 0.1) is 22.3 Å². The first-order valence-electron chi connectivity index (χ1n) is 5.97. The number of amides is 1. The highest BCUT2D eigenvalue weighted by Crippen LogP contribution is 2.21. The number of ether oxygens (including phenoxy) is 1. The van der Waals surface area contributed by atoms with Gasteiger partial charge in [0.1, 0.15) is 0 Å². The van der Waals surface area contributed by atoms with Crippen LogP contribution in [0.5, 0.6) is 5.75 Å². The maximum Gasteiger partial charge on any atom is 0.262 e. The monoisotopic (exact) mass is 304 g/mol. The molecule has 2 aromatic carbocycles. The summed E-state index contributed by atoms with van der Waals surface area (Å²) in [6.07, 6.45) is 0.